The zero-order valence-corrected chi connectivity index (χ0v) is 11.1. The van der Waals surface area contributed by atoms with Gasteiger partial charge in [-0.2, -0.15) is 0 Å². The third-order valence-electron chi connectivity index (χ3n) is 2.35. The number of carbonyl (C=O) groups is 1. The van der Waals surface area contributed by atoms with Gasteiger partial charge in [0.2, 0.25) is 0 Å². The van der Waals surface area contributed by atoms with Gasteiger partial charge in [-0.1, -0.05) is 0 Å². The molecule has 0 saturated carbocycles. The maximum Gasteiger partial charge on any atom is 0.267 e. The van der Waals surface area contributed by atoms with Gasteiger partial charge in [-0.15, -0.1) is 0 Å². The molecule has 0 radical (unpaired) electrons. The van der Waals surface area contributed by atoms with Crippen molar-refractivity contribution in [3.63, 3.8) is 0 Å². The summed E-state index contributed by atoms with van der Waals surface area (Å²) >= 11 is 3.31. The number of carbonyl (C=O) groups excluding carboxylic acids is 1. The number of hydrogen-bond donors (Lipinski definition) is 2. The van der Waals surface area contributed by atoms with Gasteiger partial charge in [0.05, 0.1) is 5.52 Å². The molecule has 1 heterocycles. The number of hydrogen-bond acceptors (Lipinski definition) is 1. The number of rotatable bonds is 2. The van der Waals surface area contributed by atoms with Gasteiger partial charge in [-0.25, -0.2) is 4.39 Å². The Balaban J connectivity index is 2.48. The van der Waals surface area contributed by atoms with Crippen molar-refractivity contribution in [2.45, 2.75) is 19.9 Å². The fraction of sp³-hybridized carbons (Fsp3) is 0.250. The Kier molecular flexibility index (Phi) is 3.19. The van der Waals surface area contributed by atoms with Crippen LogP contribution in [-0.4, -0.2) is 16.9 Å². The van der Waals surface area contributed by atoms with Crippen LogP contribution in [0.3, 0.4) is 0 Å². The molecule has 5 heteroatoms. The zero-order valence-electron chi connectivity index (χ0n) is 9.47. The van der Waals surface area contributed by atoms with Crippen LogP contribution in [0.2, 0.25) is 0 Å². The molecule has 0 aliphatic carbocycles. The highest BCUT2D eigenvalue weighted by Crippen LogP contribution is 2.26. The molecule has 0 saturated heterocycles. The van der Waals surface area contributed by atoms with Crippen molar-refractivity contribution in [3.05, 3.63) is 34.2 Å². The van der Waals surface area contributed by atoms with E-state index >= 15 is 0 Å². The number of fused-ring (bicyclic) bond motifs is 1. The van der Waals surface area contributed by atoms with Gasteiger partial charge < -0.3 is 10.3 Å². The van der Waals surface area contributed by atoms with Crippen LogP contribution in [0.1, 0.15) is 24.3 Å². The number of aromatic nitrogens is 1. The largest absolute Gasteiger partial charge is 0.350 e. The van der Waals surface area contributed by atoms with Gasteiger partial charge in [0, 0.05) is 15.9 Å². The summed E-state index contributed by atoms with van der Waals surface area (Å²) in [5.41, 5.74) is 0.957. The molecule has 90 valence electrons. The first kappa shape index (κ1) is 12.1. The summed E-state index contributed by atoms with van der Waals surface area (Å²) in [5, 5.41) is 3.16. The molecule has 2 N–H and O–H groups in total. The molecular formula is C12H12BrFN2O. The molecule has 1 amide bonds. The van der Waals surface area contributed by atoms with Crippen LogP contribution in [0.5, 0.6) is 0 Å². The SMILES string of the molecule is CC(C)NC(=O)c1cc2c(F)ccc(Br)c2[nH]1. The van der Waals surface area contributed by atoms with Crippen LogP contribution >= 0.6 is 15.9 Å². The van der Waals surface area contributed by atoms with Gasteiger partial charge >= 0.3 is 0 Å². The second-order valence-electron chi connectivity index (χ2n) is 4.13. The van der Waals surface area contributed by atoms with Crippen LogP contribution in [-0.2, 0) is 0 Å². The fourth-order valence-electron chi connectivity index (χ4n) is 1.61. The summed E-state index contributed by atoms with van der Waals surface area (Å²) in [6.45, 7) is 3.74. The molecule has 0 fully saturated rings. The number of halogens is 2. The second kappa shape index (κ2) is 4.49. The molecule has 1 aromatic carbocycles. The molecule has 0 aliphatic rings. The molecular weight excluding hydrogens is 287 g/mol. The van der Waals surface area contributed by atoms with Crippen LogP contribution in [0.25, 0.3) is 10.9 Å². The van der Waals surface area contributed by atoms with Gasteiger partial charge in [0.25, 0.3) is 5.91 Å². The van der Waals surface area contributed by atoms with E-state index in [2.05, 4.69) is 26.2 Å². The van der Waals surface area contributed by atoms with E-state index < -0.39 is 0 Å². The minimum atomic E-state index is -0.344. The predicted octanol–water partition coefficient (Wildman–Crippen LogP) is 3.21. The summed E-state index contributed by atoms with van der Waals surface area (Å²) in [5.74, 6) is -0.578. The molecule has 3 nitrogen and oxygen atoms in total. The topological polar surface area (TPSA) is 44.9 Å². The number of amides is 1. The first-order chi connectivity index (χ1) is 7.99. The third-order valence-corrected chi connectivity index (χ3v) is 3.02. The minimum absolute atomic E-state index is 0.0437. The lowest BCUT2D eigenvalue weighted by atomic mass is 10.2. The van der Waals surface area contributed by atoms with Gasteiger partial charge in [-0.05, 0) is 48.0 Å². The summed E-state index contributed by atoms with van der Waals surface area (Å²) in [6, 6.07) is 4.54. The summed E-state index contributed by atoms with van der Waals surface area (Å²) in [7, 11) is 0. The Bertz CT molecular complexity index is 538. The Morgan fingerprint density at radius 2 is 2.18 bits per heavy atom. The maximum atomic E-state index is 13.5. The standard InChI is InChI=1S/C12H12BrFN2O/c1-6(2)15-12(17)10-5-7-9(14)4-3-8(13)11(7)16-10/h3-6,16H,1-2H3,(H,15,17). The van der Waals surface area contributed by atoms with E-state index in [0.29, 0.717) is 16.6 Å². The van der Waals surface area contributed by atoms with Gasteiger partial charge in [0.1, 0.15) is 11.5 Å². The second-order valence-corrected chi connectivity index (χ2v) is 4.98. The van der Waals surface area contributed by atoms with E-state index in [1.54, 1.807) is 6.07 Å². The minimum Gasteiger partial charge on any atom is -0.350 e. The van der Waals surface area contributed by atoms with Crippen molar-refractivity contribution in [2.24, 2.45) is 0 Å². The molecule has 0 aliphatic heterocycles. The number of nitrogens with one attached hydrogen (secondary N) is 2. The lowest BCUT2D eigenvalue weighted by molar-refractivity contribution is 0.0939. The van der Waals surface area contributed by atoms with Crippen molar-refractivity contribution < 1.29 is 9.18 Å². The van der Waals surface area contributed by atoms with E-state index in [1.165, 1.54) is 12.1 Å². The zero-order chi connectivity index (χ0) is 12.6. The number of benzene rings is 1. The molecule has 0 bridgehead atoms. The third kappa shape index (κ3) is 2.34. The fourth-order valence-corrected chi connectivity index (χ4v) is 2.06. The Hall–Kier alpha value is -1.36. The molecule has 2 aromatic rings. The van der Waals surface area contributed by atoms with E-state index in [1.807, 2.05) is 13.8 Å². The van der Waals surface area contributed by atoms with E-state index in [9.17, 15) is 9.18 Å². The summed E-state index contributed by atoms with van der Waals surface area (Å²) < 4.78 is 14.3. The lowest BCUT2D eigenvalue weighted by Gasteiger charge is -2.05. The predicted molar refractivity (Wildman–Crippen MR) is 68.6 cm³/mol. The molecule has 17 heavy (non-hydrogen) atoms. The highest BCUT2D eigenvalue weighted by Gasteiger charge is 2.14. The highest BCUT2D eigenvalue weighted by molar-refractivity contribution is 9.10. The molecule has 0 unspecified atom stereocenters. The average molecular weight is 299 g/mol. The number of aromatic amines is 1. The Morgan fingerprint density at radius 3 is 2.76 bits per heavy atom. The number of H-pyrrole nitrogens is 1. The molecule has 0 spiro atoms. The van der Waals surface area contributed by atoms with E-state index in [0.717, 1.165) is 4.47 Å². The normalized spacial score (nSPS) is 11.1. The average Bonchev–Trinajstić information content (AvgIpc) is 2.68. The molecule has 0 atom stereocenters. The first-order valence-electron chi connectivity index (χ1n) is 5.26. The van der Waals surface area contributed by atoms with Crippen molar-refractivity contribution in [2.75, 3.05) is 0 Å². The van der Waals surface area contributed by atoms with Crippen molar-refractivity contribution in [3.8, 4) is 0 Å². The molecule has 2 rings (SSSR count). The van der Waals surface area contributed by atoms with Gasteiger partial charge in [-0.3, -0.25) is 4.79 Å². The van der Waals surface area contributed by atoms with Gasteiger partial charge in [0.15, 0.2) is 0 Å². The monoisotopic (exact) mass is 298 g/mol. The highest BCUT2D eigenvalue weighted by atomic mass is 79.9. The van der Waals surface area contributed by atoms with E-state index in [-0.39, 0.29) is 17.8 Å². The van der Waals surface area contributed by atoms with Crippen molar-refractivity contribution in [1.82, 2.24) is 10.3 Å². The quantitative estimate of drug-likeness (QED) is 0.878. The summed E-state index contributed by atoms with van der Waals surface area (Å²) in [6.07, 6.45) is 0. The first-order valence-corrected chi connectivity index (χ1v) is 6.06. The van der Waals surface area contributed by atoms with Crippen LogP contribution in [0.15, 0.2) is 22.7 Å². The van der Waals surface area contributed by atoms with Crippen molar-refractivity contribution >= 4 is 32.7 Å². The van der Waals surface area contributed by atoms with Crippen LogP contribution in [0, 0.1) is 5.82 Å². The molecule has 1 aromatic heterocycles. The maximum absolute atomic E-state index is 13.5. The van der Waals surface area contributed by atoms with Crippen LogP contribution < -0.4 is 5.32 Å². The Labute approximate surface area is 107 Å². The Morgan fingerprint density at radius 1 is 1.47 bits per heavy atom. The summed E-state index contributed by atoms with van der Waals surface area (Å²) in [4.78, 5) is 14.7. The van der Waals surface area contributed by atoms with Crippen molar-refractivity contribution in [1.29, 1.82) is 0 Å². The van der Waals surface area contributed by atoms with Crippen LogP contribution in [0.4, 0.5) is 4.39 Å². The van der Waals surface area contributed by atoms with E-state index in [4.69, 9.17) is 0 Å². The smallest absolute Gasteiger partial charge is 0.267 e. The lowest BCUT2D eigenvalue weighted by Crippen LogP contribution is -2.30.